The predicted octanol–water partition coefficient (Wildman–Crippen LogP) is 3.75. The number of carbonyl (C=O) groups excluding carboxylic acids is 3. The minimum atomic E-state index is -0.795. The lowest BCUT2D eigenvalue weighted by Gasteiger charge is -2.27. The Balaban J connectivity index is 2.04. The maximum atomic E-state index is 13.1. The molecule has 1 N–H and O–H groups in total. The highest BCUT2D eigenvalue weighted by atomic mass is 79.9. The van der Waals surface area contributed by atoms with E-state index in [0.29, 0.717) is 27.2 Å². The van der Waals surface area contributed by atoms with Gasteiger partial charge < -0.3 is 9.47 Å². The fourth-order valence-corrected chi connectivity index (χ4v) is 3.75. The van der Waals surface area contributed by atoms with Crippen LogP contribution in [-0.2, 0) is 9.59 Å². The van der Waals surface area contributed by atoms with Crippen LogP contribution in [0.4, 0.5) is 10.5 Å². The standard InChI is InChI=1S/C23H19BrN2O5/c1-5-8-31-20-17(24)11-15(12-19(20)30-4)10-16-21(27)25-23(29)26(22(16)28)18-7-6-13(2)9-14(18)3/h1,6-7,9-12H,8H2,2-4H3,(H,25,27,29)/b16-10+. The molecule has 0 saturated carbocycles. The predicted molar refractivity (Wildman–Crippen MR) is 120 cm³/mol. The molecule has 0 radical (unpaired) electrons. The van der Waals surface area contributed by atoms with E-state index in [1.807, 2.05) is 13.0 Å². The lowest BCUT2D eigenvalue weighted by Crippen LogP contribution is -2.54. The molecule has 0 aliphatic carbocycles. The van der Waals surface area contributed by atoms with E-state index >= 15 is 0 Å². The number of carbonyl (C=O) groups is 3. The van der Waals surface area contributed by atoms with Crippen molar-refractivity contribution in [3.05, 3.63) is 57.1 Å². The largest absolute Gasteiger partial charge is 0.493 e. The number of ether oxygens (including phenoxy) is 2. The van der Waals surface area contributed by atoms with Crippen molar-refractivity contribution in [1.82, 2.24) is 5.32 Å². The first-order valence-electron chi connectivity index (χ1n) is 9.19. The molecular weight excluding hydrogens is 464 g/mol. The number of benzene rings is 2. The monoisotopic (exact) mass is 482 g/mol. The van der Waals surface area contributed by atoms with Crippen LogP contribution in [0.1, 0.15) is 16.7 Å². The lowest BCUT2D eigenvalue weighted by atomic mass is 10.0. The van der Waals surface area contributed by atoms with Crippen LogP contribution in [-0.4, -0.2) is 31.6 Å². The molecule has 0 aromatic heterocycles. The number of aryl methyl sites for hydroxylation is 2. The van der Waals surface area contributed by atoms with E-state index in [1.165, 1.54) is 13.2 Å². The summed E-state index contributed by atoms with van der Waals surface area (Å²) in [5.41, 5.74) is 2.43. The van der Waals surface area contributed by atoms with E-state index < -0.39 is 17.8 Å². The van der Waals surface area contributed by atoms with Crippen LogP contribution in [0.5, 0.6) is 11.5 Å². The summed E-state index contributed by atoms with van der Waals surface area (Å²) in [4.78, 5) is 39.0. The van der Waals surface area contributed by atoms with Crippen molar-refractivity contribution < 1.29 is 23.9 Å². The van der Waals surface area contributed by atoms with E-state index in [9.17, 15) is 14.4 Å². The zero-order valence-electron chi connectivity index (χ0n) is 17.1. The summed E-state index contributed by atoms with van der Waals surface area (Å²) < 4.78 is 11.3. The summed E-state index contributed by atoms with van der Waals surface area (Å²) in [5.74, 6) is 1.64. The number of halogens is 1. The van der Waals surface area contributed by atoms with Crippen LogP contribution in [0.15, 0.2) is 40.4 Å². The van der Waals surface area contributed by atoms with Crippen molar-refractivity contribution in [2.24, 2.45) is 0 Å². The topological polar surface area (TPSA) is 84.9 Å². The van der Waals surface area contributed by atoms with Crippen LogP contribution in [0.25, 0.3) is 6.08 Å². The average Bonchev–Trinajstić information content (AvgIpc) is 2.71. The van der Waals surface area contributed by atoms with Crippen LogP contribution in [0.3, 0.4) is 0 Å². The van der Waals surface area contributed by atoms with Crippen molar-refractivity contribution in [3.63, 3.8) is 0 Å². The SMILES string of the molecule is C#CCOc1c(Br)cc(/C=C2\C(=O)NC(=O)N(c3ccc(C)cc3C)C2=O)cc1OC. The Hall–Kier alpha value is -3.57. The second-order valence-corrected chi connectivity index (χ2v) is 7.63. The number of rotatable bonds is 5. The first-order chi connectivity index (χ1) is 14.8. The van der Waals surface area contributed by atoms with Crippen molar-refractivity contribution in [2.45, 2.75) is 13.8 Å². The number of terminal acetylenes is 1. The Morgan fingerprint density at radius 3 is 2.58 bits per heavy atom. The number of methoxy groups -OCH3 is 1. The zero-order chi connectivity index (χ0) is 22.7. The van der Waals surface area contributed by atoms with Gasteiger partial charge in [0, 0.05) is 0 Å². The fourth-order valence-electron chi connectivity index (χ4n) is 3.18. The number of anilines is 1. The van der Waals surface area contributed by atoms with Gasteiger partial charge in [-0.2, -0.15) is 0 Å². The van der Waals surface area contributed by atoms with Gasteiger partial charge in [0.15, 0.2) is 11.5 Å². The third kappa shape index (κ3) is 4.47. The van der Waals surface area contributed by atoms with Gasteiger partial charge in [0.05, 0.1) is 17.3 Å². The maximum absolute atomic E-state index is 13.1. The number of hydrogen-bond acceptors (Lipinski definition) is 5. The molecule has 0 unspecified atom stereocenters. The molecule has 3 rings (SSSR count). The third-order valence-corrected chi connectivity index (χ3v) is 5.15. The van der Waals surface area contributed by atoms with Gasteiger partial charge in [0.1, 0.15) is 12.2 Å². The molecule has 1 heterocycles. The number of nitrogens with zero attached hydrogens (tertiary/aromatic N) is 1. The highest BCUT2D eigenvalue weighted by Gasteiger charge is 2.37. The average molecular weight is 483 g/mol. The Bertz CT molecular complexity index is 1160. The smallest absolute Gasteiger partial charge is 0.335 e. The van der Waals surface area contributed by atoms with Crippen LogP contribution in [0, 0.1) is 26.2 Å². The molecule has 8 heteroatoms. The van der Waals surface area contributed by atoms with E-state index in [4.69, 9.17) is 15.9 Å². The fraction of sp³-hybridized carbons (Fsp3) is 0.174. The minimum Gasteiger partial charge on any atom is -0.493 e. The number of urea groups is 1. The van der Waals surface area contributed by atoms with Gasteiger partial charge in [0.2, 0.25) is 0 Å². The van der Waals surface area contributed by atoms with Crippen molar-refractivity contribution in [3.8, 4) is 23.8 Å². The van der Waals surface area contributed by atoms with Crippen molar-refractivity contribution in [1.29, 1.82) is 0 Å². The Morgan fingerprint density at radius 1 is 1.19 bits per heavy atom. The molecule has 4 amide bonds. The van der Waals surface area contributed by atoms with Crippen molar-refractivity contribution >= 4 is 45.5 Å². The first-order valence-corrected chi connectivity index (χ1v) is 9.98. The summed E-state index contributed by atoms with van der Waals surface area (Å²) in [7, 11) is 1.46. The summed E-state index contributed by atoms with van der Waals surface area (Å²) >= 11 is 3.39. The minimum absolute atomic E-state index is 0.0449. The Kier molecular flexibility index (Phi) is 6.47. The van der Waals surface area contributed by atoms with Crippen molar-refractivity contribution in [2.75, 3.05) is 18.6 Å². The molecule has 1 fully saturated rings. The van der Waals surface area contributed by atoms with Crippen LogP contribution >= 0.6 is 15.9 Å². The zero-order valence-corrected chi connectivity index (χ0v) is 18.7. The van der Waals surface area contributed by atoms with Crippen LogP contribution in [0.2, 0.25) is 0 Å². The van der Waals surface area contributed by atoms with Crippen LogP contribution < -0.4 is 19.7 Å². The Labute approximate surface area is 188 Å². The van der Waals surface area contributed by atoms with E-state index in [2.05, 4.69) is 27.2 Å². The molecule has 2 aromatic rings. The van der Waals surface area contributed by atoms with E-state index in [1.54, 1.807) is 31.2 Å². The summed E-state index contributed by atoms with van der Waals surface area (Å²) in [6.07, 6.45) is 6.63. The van der Waals surface area contributed by atoms with Gasteiger partial charge in [-0.05, 0) is 65.2 Å². The molecular formula is C23H19BrN2O5. The quantitative estimate of drug-likeness (QED) is 0.398. The first kappa shape index (κ1) is 22.1. The molecule has 0 spiro atoms. The molecule has 0 atom stereocenters. The molecule has 158 valence electrons. The molecule has 1 saturated heterocycles. The van der Waals surface area contributed by atoms with Gasteiger partial charge >= 0.3 is 6.03 Å². The summed E-state index contributed by atoms with van der Waals surface area (Å²) in [6, 6.07) is 7.77. The lowest BCUT2D eigenvalue weighted by molar-refractivity contribution is -0.122. The highest BCUT2D eigenvalue weighted by Crippen LogP contribution is 2.37. The number of nitrogens with one attached hydrogen (secondary N) is 1. The second-order valence-electron chi connectivity index (χ2n) is 6.77. The molecule has 1 aliphatic heterocycles. The highest BCUT2D eigenvalue weighted by molar-refractivity contribution is 9.10. The summed E-state index contributed by atoms with van der Waals surface area (Å²) in [5, 5.41) is 2.22. The van der Waals surface area contributed by atoms with Gasteiger partial charge in [0.25, 0.3) is 11.8 Å². The van der Waals surface area contributed by atoms with Gasteiger partial charge in [-0.3, -0.25) is 14.9 Å². The van der Waals surface area contributed by atoms with Gasteiger partial charge in [-0.15, -0.1) is 6.42 Å². The second kappa shape index (κ2) is 9.06. The van der Waals surface area contributed by atoms with Gasteiger partial charge in [-0.25, -0.2) is 9.69 Å². The number of imide groups is 2. The maximum Gasteiger partial charge on any atom is 0.335 e. The summed E-state index contributed by atoms with van der Waals surface area (Å²) in [6.45, 7) is 3.74. The molecule has 1 aliphatic rings. The number of hydrogen-bond donors (Lipinski definition) is 1. The van der Waals surface area contributed by atoms with E-state index in [0.717, 1.165) is 16.0 Å². The molecule has 0 bridgehead atoms. The van der Waals surface area contributed by atoms with Gasteiger partial charge in [-0.1, -0.05) is 23.6 Å². The molecule has 31 heavy (non-hydrogen) atoms. The molecule has 7 nitrogen and oxygen atoms in total. The number of barbiturate groups is 1. The third-order valence-electron chi connectivity index (χ3n) is 4.56. The van der Waals surface area contributed by atoms with E-state index in [-0.39, 0.29) is 12.2 Å². The number of amides is 4. The Morgan fingerprint density at radius 2 is 1.94 bits per heavy atom. The normalized spacial score (nSPS) is 15.0. The molecule has 2 aromatic carbocycles.